The topological polar surface area (TPSA) is 49.3 Å². The van der Waals surface area contributed by atoms with Crippen LogP contribution in [0.1, 0.15) is 25.0 Å². The molecule has 1 rings (SSSR count). The molecule has 0 aromatic heterocycles. The fourth-order valence-corrected chi connectivity index (χ4v) is 1.81. The first-order chi connectivity index (χ1) is 8.54. The van der Waals surface area contributed by atoms with Gasteiger partial charge in [0, 0.05) is 6.54 Å². The van der Waals surface area contributed by atoms with E-state index >= 15 is 0 Å². The van der Waals surface area contributed by atoms with Crippen LogP contribution in [0, 0.1) is 18.8 Å². The van der Waals surface area contributed by atoms with Crippen LogP contribution in [0.4, 0.5) is 0 Å². The zero-order valence-corrected chi connectivity index (χ0v) is 11.4. The standard InChI is InChI=1S/C15H23NO2/c1-11(2)14(10-17)15(18)16-9-8-13-6-4-12(3)5-7-13/h4-7,11,14,17H,8-10H2,1-3H3,(H,16,18). The van der Waals surface area contributed by atoms with Gasteiger partial charge in [0.2, 0.25) is 5.91 Å². The van der Waals surface area contributed by atoms with Crippen LogP contribution >= 0.6 is 0 Å². The van der Waals surface area contributed by atoms with Gasteiger partial charge in [-0.05, 0) is 24.8 Å². The van der Waals surface area contributed by atoms with E-state index in [0.717, 1.165) is 6.42 Å². The third-order valence-electron chi connectivity index (χ3n) is 3.17. The molecular formula is C15H23NO2. The van der Waals surface area contributed by atoms with Crippen LogP contribution in [0.3, 0.4) is 0 Å². The van der Waals surface area contributed by atoms with Gasteiger partial charge in [0.15, 0.2) is 0 Å². The molecule has 0 aliphatic carbocycles. The number of aliphatic hydroxyl groups is 1. The highest BCUT2D eigenvalue weighted by atomic mass is 16.3. The zero-order chi connectivity index (χ0) is 13.5. The molecule has 0 aliphatic heterocycles. The summed E-state index contributed by atoms with van der Waals surface area (Å²) in [6.07, 6.45) is 0.822. The summed E-state index contributed by atoms with van der Waals surface area (Å²) in [7, 11) is 0. The van der Waals surface area contributed by atoms with E-state index in [1.165, 1.54) is 11.1 Å². The monoisotopic (exact) mass is 249 g/mol. The zero-order valence-electron chi connectivity index (χ0n) is 11.4. The lowest BCUT2D eigenvalue weighted by molar-refractivity contribution is -0.127. The Bertz CT molecular complexity index is 371. The fourth-order valence-electron chi connectivity index (χ4n) is 1.81. The summed E-state index contributed by atoms with van der Waals surface area (Å²) in [5.41, 5.74) is 2.45. The van der Waals surface area contributed by atoms with Gasteiger partial charge in [0.05, 0.1) is 12.5 Å². The summed E-state index contributed by atoms with van der Waals surface area (Å²) in [5.74, 6) is -0.197. The minimum atomic E-state index is -0.303. The summed E-state index contributed by atoms with van der Waals surface area (Å²) in [6, 6.07) is 8.30. The summed E-state index contributed by atoms with van der Waals surface area (Å²) in [5, 5.41) is 12.0. The van der Waals surface area contributed by atoms with Crippen LogP contribution in [-0.4, -0.2) is 24.2 Å². The number of aliphatic hydroxyl groups excluding tert-OH is 1. The lowest BCUT2D eigenvalue weighted by atomic mass is 9.96. The molecule has 0 heterocycles. The molecule has 18 heavy (non-hydrogen) atoms. The van der Waals surface area contributed by atoms with Crippen molar-refractivity contribution in [1.29, 1.82) is 0 Å². The first-order valence-electron chi connectivity index (χ1n) is 6.48. The lowest BCUT2D eigenvalue weighted by Gasteiger charge is -2.17. The minimum Gasteiger partial charge on any atom is -0.396 e. The van der Waals surface area contributed by atoms with Crippen molar-refractivity contribution in [3.05, 3.63) is 35.4 Å². The third kappa shape index (κ3) is 4.49. The van der Waals surface area contributed by atoms with Crippen molar-refractivity contribution >= 4 is 5.91 Å². The number of carbonyl (C=O) groups is 1. The Hall–Kier alpha value is -1.35. The fraction of sp³-hybridized carbons (Fsp3) is 0.533. The summed E-state index contributed by atoms with van der Waals surface area (Å²) in [6.45, 7) is 6.47. The number of benzene rings is 1. The van der Waals surface area contributed by atoms with Crippen molar-refractivity contribution in [2.24, 2.45) is 11.8 Å². The highest BCUT2D eigenvalue weighted by Gasteiger charge is 2.20. The highest BCUT2D eigenvalue weighted by Crippen LogP contribution is 2.10. The van der Waals surface area contributed by atoms with E-state index < -0.39 is 0 Å². The molecule has 1 aromatic carbocycles. The van der Waals surface area contributed by atoms with Crippen LogP contribution in [0.15, 0.2) is 24.3 Å². The van der Waals surface area contributed by atoms with Gasteiger partial charge in [-0.15, -0.1) is 0 Å². The Morgan fingerprint density at radius 3 is 2.39 bits per heavy atom. The maximum atomic E-state index is 11.8. The minimum absolute atomic E-state index is 0.0559. The Balaban J connectivity index is 2.37. The molecule has 1 aromatic rings. The molecule has 2 N–H and O–H groups in total. The number of carbonyl (C=O) groups excluding carboxylic acids is 1. The van der Waals surface area contributed by atoms with Gasteiger partial charge in [-0.25, -0.2) is 0 Å². The molecule has 0 saturated carbocycles. The van der Waals surface area contributed by atoms with E-state index in [1.807, 2.05) is 13.8 Å². The predicted octanol–water partition coefficient (Wildman–Crippen LogP) is 1.92. The van der Waals surface area contributed by atoms with E-state index in [4.69, 9.17) is 5.11 Å². The second-order valence-corrected chi connectivity index (χ2v) is 5.06. The van der Waals surface area contributed by atoms with Crippen LogP contribution in [0.2, 0.25) is 0 Å². The lowest BCUT2D eigenvalue weighted by Crippen LogP contribution is -2.36. The smallest absolute Gasteiger partial charge is 0.225 e. The first-order valence-corrected chi connectivity index (χ1v) is 6.48. The van der Waals surface area contributed by atoms with Crippen LogP contribution in [-0.2, 0) is 11.2 Å². The van der Waals surface area contributed by atoms with Gasteiger partial charge in [0.1, 0.15) is 0 Å². The van der Waals surface area contributed by atoms with E-state index in [1.54, 1.807) is 0 Å². The molecule has 3 heteroatoms. The van der Waals surface area contributed by atoms with Gasteiger partial charge in [-0.1, -0.05) is 43.7 Å². The Kier molecular flexibility index (Phi) is 5.86. The highest BCUT2D eigenvalue weighted by molar-refractivity contribution is 5.78. The third-order valence-corrected chi connectivity index (χ3v) is 3.17. The van der Waals surface area contributed by atoms with Gasteiger partial charge in [-0.2, -0.15) is 0 Å². The maximum absolute atomic E-state index is 11.8. The summed E-state index contributed by atoms with van der Waals surface area (Å²) >= 11 is 0. The number of amides is 1. The van der Waals surface area contributed by atoms with Crippen LogP contribution < -0.4 is 5.32 Å². The average molecular weight is 249 g/mol. The number of aryl methyl sites for hydroxylation is 1. The average Bonchev–Trinajstić information content (AvgIpc) is 2.32. The van der Waals surface area contributed by atoms with Gasteiger partial charge in [-0.3, -0.25) is 4.79 Å². The van der Waals surface area contributed by atoms with Crippen molar-refractivity contribution < 1.29 is 9.90 Å². The molecule has 1 unspecified atom stereocenters. The van der Waals surface area contributed by atoms with Crippen molar-refractivity contribution in [3.8, 4) is 0 Å². The molecule has 0 fully saturated rings. The molecular weight excluding hydrogens is 226 g/mol. The Morgan fingerprint density at radius 2 is 1.89 bits per heavy atom. The maximum Gasteiger partial charge on any atom is 0.225 e. The van der Waals surface area contributed by atoms with Crippen molar-refractivity contribution in [2.75, 3.05) is 13.2 Å². The normalized spacial score (nSPS) is 12.5. The van der Waals surface area contributed by atoms with E-state index in [2.05, 4.69) is 36.5 Å². The Morgan fingerprint density at radius 1 is 1.28 bits per heavy atom. The molecule has 0 saturated heterocycles. The molecule has 0 aliphatic rings. The molecule has 0 radical (unpaired) electrons. The van der Waals surface area contributed by atoms with Gasteiger partial charge >= 0.3 is 0 Å². The van der Waals surface area contributed by atoms with Crippen LogP contribution in [0.25, 0.3) is 0 Å². The predicted molar refractivity (Wildman–Crippen MR) is 73.3 cm³/mol. The van der Waals surface area contributed by atoms with E-state index in [0.29, 0.717) is 6.54 Å². The van der Waals surface area contributed by atoms with Crippen molar-refractivity contribution in [3.63, 3.8) is 0 Å². The second kappa shape index (κ2) is 7.17. The SMILES string of the molecule is Cc1ccc(CCNC(=O)C(CO)C(C)C)cc1. The molecule has 0 spiro atoms. The number of rotatable bonds is 6. The second-order valence-electron chi connectivity index (χ2n) is 5.06. The summed E-state index contributed by atoms with van der Waals surface area (Å²) in [4.78, 5) is 11.8. The Labute approximate surface area is 109 Å². The summed E-state index contributed by atoms with van der Waals surface area (Å²) < 4.78 is 0. The van der Waals surface area contributed by atoms with Gasteiger partial charge < -0.3 is 10.4 Å². The molecule has 1 atom stereocenters. The van der Waals surface area contributed by atoms with E-state index in [9.17, 15) is 4.79 Å². The quantitative estimate of drug-likeness (QED) is 0.809. The number of hydrogen-bond acceptors (Lipinski definition) is 2. The van der Waals surface area contributed by atoms with Crippen LogP contribution in [0.5, 0.6) is 0 Å². The molecule has 3 nitrogen and oxygen atoms in total. The largest absolute Gasteiger partial charge is 0.396 e. The van der Waals surface area contributed by atoms with Crippen molar-refractivity contribution in [2.45, 2.75) is 27.2 Å². The van der Waals surface area contributed by atoms with Crippen molar-refractivity contribution in [1.82, 2.24) is 5.32 Å². The molecule has 100 valence electrons. The number of nitrogens with one attached hydrogen (secondary N) is 1. The van der Waals surface area contributed by atoms with E-state index in [-0.39, 0.29) is 24.3 Å². The first kappa shape index (κ1) is 14.7. The molecule has 0 bridgehead atoms. The number of hydrogen-bond donors (Lipinski definition) is 2. The van der Waals surface area contributed by atoms with Gasteiger partial charge in [0.25, 0.3) is 0 Å². The molecule has 1 amide bonds.